The third kappa shape index (κ3) is 7.02. The lowest BCUT2D eigenvalue weighted by molar-refractivity contribution is -0.274. The van der Waals surface area contributed by atoms with Crippen molar-refractivity contribution in [3.63, 3.8) is 0 Å². The number of aromatic nitrogens is 3. The third-order valence-electron chi connectivity index (χ3n) is 7.52. The molecule has 0 spiro atoms. The van der Waals surface area contributed by atoms with Gasteiger partial charge in [-0.25, -0.2) is 9.67 Å². The van der Waals surface area contributed by atoms with E-state index in [4.69, 9.17) is 0 Å². The number of carbonyl (C=O) groups is 2. The molecule has 0 bridgehead atoms. The van der Waals surface area contributed by atoms with Crippen LogP contribution in [-0.2, 0) is 9.59 Å². The van der Waals surface area contributed by atoms with Crippen molar-refractivity contribution in [2.75, 3.05) is 10.7 Å². The molecule has 1 aliphatic rings. The number of benzene rings is 3. The van der Waals surface area contributed by atoms with Gasteiger partial charge in [0.15, 0.2) is 11.0 Å². The molecule has 2 atom stereocenters. The molecule has 2 unspecified atom stereocenters. The van der Waals surface area contributed by atoms with Crippen LogP contribution in [0.4, 0.5) is 18.9 Å². The molecule has 228 valence electrons. The Morgan fingerprint density at radius 1 is 1.02 bits per heavy atom. The number of aryl methyl sites for hydroxylation is 2. The summed E-state index contributed by atoms with van der Waals surface area (Å²) in [5.41, 5.74) is 5.00. The molecule has 5 rings (SSSR count). The normalized spacial score (nSPS) is 15.9. The van der Waals surface area contributed by atoms with Gasteiger partial charge in [0.25, 0.3) is 0 Å². The number of amides is 2. The third-order valence-corrected chi connectivity index (χ3v) is 8.44. The Morgan fingerprint density at radius 2 is 1.68 bits per heavy atom. The maximum atomic E-state index is 13.0. The molecule has 1 saturated heterocycles. The van der Waals surface area contributed by atoms with Gasteiger partial charge in [-0.3, -0.25) is 14.5 Å². The van der Waals surface area contributed by atoms with E-state index in [-0.39, 0.29) is 41.6 Å². The molecule has 1 aromatic heterocycles. The fourth-order valence-corrected chi connectivity index (χ4v) is 5.88. The summed E-state index contributed by atoms with van der Waals surface area (Å²) in [6, 6.07) is 18.9. The minimum absolute atomic E-state index is 0.0184. The molecular formula is C32H30F3N5O3S. The van der Waals surface area contributed by atoms with Gasteiger partial charge in [0.05, 0.1) is 17.1 Å². The van der Waals surface area contributed by atoms with Gasteiger partial charge in [-0.2, -0.15) is 4.99 Å². The number of ether oxygens (including phenoxy) is 1. The Labute approximate surface area is 257 Å². The average molecular weight is 622 g/mol. The summed E-state index contributed by atoms with van der Waals surface area (Å²) in [4.78, 5) is 36.0. The Kier molecular flexibility index (Phi) is 8.91. The molecule has 1 fully saturated rings. The van der Waals surface area contributed by atoms with Crippen LogP contribution in [0.15, 0.2) is 78.0 Å². The van der Waals surface area contributed by atoms with E-state index in [1.165, 1.54) is 47.0 Å². The predicted molar refractivity (Wildman–Crippen MR) is 164 cm³/mol. The summed E-state index contributed by atoms with van der Waals surface area (Å²) >= 11 is 1.28. The maximum Gasteiger partial charge on any atom is 0.573 e. The van der Waals surface area contributed by atoms with E-state index >= 15 is 0 Å². The van der Waals surface area contributed by atoms with Crippen molar-refractivity contribution < 1.29 is 27.5 Å². The number of thioether (sulfide) groups is 1. The molecule has 0 aliphatic carbocycles. The molecule has 12 heteroatoms. The lowest BCUT2D eigenvalue weighted by atomic mass is 9.86. The van der Waals surface area contributed by atoms with E-state index in [0.29, 0.717) is 16.7 Å². The van der Waals surface area contributed by atoms with Crippen molar-refractivity contribution in [2.24, 2.45) is 10.9 Å². The summed E-state index contributed by atoms with van der Waals surface area (Å²) < 4.78 is 42.7. The number of rotatable bonds is 8. The first-order valence-corrected chi connectivity index (χ1v) is 14.9. The standard InChI is InChI=1S/C32H30F3N5O3S/c1-19-6-5-7-20(2)29(19)40-28(42)17-44-31(40)37-27(41)16-21(3)22(4)23-8-10-24(11-9-23)30-36-18-39(38-30)25-12-14-26(15-13-25)43-32(33,34)35/h5-15,18,21-22H,16-17H2,1-4H3. The van der Waals surface area contributed by atoms with Crippen LogP contribution in [0.2, 0.25) is 0 Å². The molecule has 8 nitrogen and oxygen atoms in total. The van der Waals surface area contributed by atoms with Gasteiger partial charge in [0, 0.05) is 12.0 Å². The molecular weight excluding hydrogens is 591 g/mol. The number of nitrogens with zero attached hydrogens (tertiary/aromatic N) is 5. The molecule has 2 heterocycles. The Balaban J connectivity index is 1.23. The second-order valence-corrected chi connectivity index (χ2v) is 11.6. The van der Waals surface area contributed by atoms with E-state index in [0.717, 1.165) is 27.9 Å². The zero-order valence-electron chi connectivity index (χ0n) is 24.5. The summed E-state index contributed by atoms with van der Waals surface area (Å²) in [5, 5.41) is 4.87. The van der Waals surface area contributed by atoms with E-state index in [1.54, 1.807) is 4.90 Å². The van der Waals surface area contributed by atoms with Crippen LogP contribution in [-0.4, -0.2) is 43.9 Å². The van der Waals surface area contributed by atoms with E-state index in [2.05, 4.69) is 26.7 Å². The summed E-state index contributed by atoms with van der Waals surface area (Å²) in [6.45, 7) is 7.93. The quantitative estimate of drug-likeness (QED) is 0.206. The molecule has 0 radical (unpaired) electrons. The predicted octanol–water partition coefficient (Wildman–Crippen LogP) is 7.24. The van der Waals surface area contributed by atoms with Crippen LogP contribution in [0.25, 0.3) is 17.1 Å². The number of hydrogen-bond acceptors (Lipinski definition) is 6. The van der Waals surface area contributed by atoms with Crippen LogP contribution >= 0.6 is 11.8 Å². The fourth-order valence-electron chi connectivity index (χ4n) is 5.01. The monoisotopic (exact) mass is 621 g/mol. The van der Waals surface area contributed by atoms with Crippen molar-refractivity contribution in [1.82, 2.24) is 14.8 Å². The minimum atomic E-state index is -4.76. The zero-order chi connectivity index (χ0) is 31.6. The van der Waals surface area contributed by atoms with Gasteiger partial charge < -0.3 is 4.74 Å². The maximum absolute atomic E-state index is 13.0. The molecule has 3 aromatic carbocycles. The first-order chi connectivity index (χ1) is 20.9. The molecule has 2 amide bonds. The smallest absolute Gasteiger partial charge is 0.406 e. The highest BCUT2D eigenvalue weighted by Crippen LogP contribution is 2.33. The summed E-state index contributed by atoms with van der Waals surface area (Å²) in [7, 11) is 0. The average Bonchev–Trinajstić information content (AvgIpc) is 3.60. The molecule has 0 saturated carbocycles. The van der Waals surface area contributed by atoms with Gasteiger partial charge in [-0.15, -0.1) is 18.3 Å². The SMILES string of the molecule is Cc1cccc(C)c1N1C(=O)CSC1=NC(=O)CC(C)C(C)c1ccc(-c2ncn(-c3ccc(OC(F)(F)F)cc3)n2)cc1. The van der Waals surface area contributed by atoms with Crippen molar-refractivity contribution in [1.29, 1.82) is 0 Å². The minimum Gasteiger partial charge on any atom is -0.406 e. The van der Waals surface area contributed by atoms with Gasteiger partial charge in [0.2, 0.25) is 11.8 Å². The van der Waals surface area contributed by atoms with E-state index in [1.807, 2.05) is 63.2 Å². The second kappa shape index (κ2) is 12.7. The van der Waals surface area contributed by atoms with E-state index < -0.39 is 6.36 Å². The molecule has 1 aliphatic heterocycles. The number of para-hydroxylation sites is 1. The van der Waals surface area contributed by atoms with Crippen molar-refractivity contribution in [2.45, 2.75) is 46.4 Å². The number of aliphatic imine (C=N–C) groups is 1. The van der Waals surface area contributed by atoms with Crippen LogP contribution in [0, 0.1) is 19.8 Å². The fraction of sp³-hybridized carbons (Fsp3) is 0.281. The number of anilines is 1. The number of alkyl halides is 3. The first kappa shape index (κ1) is 31.0. The lowest BCUT2D eigenvalue weighted by Crippen LogP contribution is -2.31. The highest BCUT2D eigenvalue weighted by molar-refractivity contribution is 8.15. The van der Waals surface area contributed by atoms with E-state index in [9.17, 15) is 22.8 Å². The largest absolute Gasteiger partial charge is 0.573 e. The Bertz CT molecular complexity index is 1680. The van der Waals surface area contributed by atoms with Crippen LogP contribution in [0.3, 0.4) is 0 Å². The second-order valence-electron chi connectivity index (χ2n) is 10.7. The van der Waals surface area contributed by atoms with Crippen LogP contribution in [0.5, 0.6) is 5.75 Å². The van der Waals surface area contributed by atoms with Gasteiger partial charge >= 0.3 is 6.36 Å². The highest BCUT2D eigenvalue weighted by Gasteiger charge is 2.33. The Hall–Kier alpha value is -4.45. The van der Waals surface area contributed by atoms with Crippen molar-refractivity contribution >= 4 is 34.4 Å². The summed E-state index contributed by atoms with van der Waals surface area (Å²) in [6.07, 6.45) is -3.05. The molecule has 4 aromatic rings. The van der Waals surface area contributed by atoms with Crippen molar-refractivity contribution in [3.05, 3.63) is 89.7 Å². The van der Waals surface area contributed by atoms with Crippen molar-refractivity contribution in [3.8, 4) is 22.8 Å². The molecule has 44 heavy (non-hydrogen) atoms. The number of carbonyl (C=O) groups excluding carboxylic acids is 2. The zero-order valence-corrected chi connectivity index (χ0v) is 25.3. The molecule has 0 N–H and O–H groups in total. The summed E-state index contributed by atoms with van der Waals surface area (Å²) in [5.74, 6) is 0.0423. The van der Waals surface area contributed by atoms with Gasteiger partial charge in [-0.05, 0) is 66.6 Å². The highest BCUT2D eigenvalue weighted by atomic mass is 32.2. The number of amidine groups is 1. The lowest BCUT2D eigenvalue weighted by Gasteiger charge is -2.21. The van der Waals surface area contributed by atoms with Crippen LogP contribution < -0.4 is 9.64 Å². The van der Waals surface area contributed by atoms with Crippen LogP contribution in [0.1, 0.15) is 42.9 Å². The van der Waals surface area contributed by atoms with Gasteiger partial charge in [0.1, 0.15) is 12.1 Å². The topological polar surface area (TPSA) is 89.7 Å². The number of halogens is 3. The Morgan fingerprint density at radius 3 is 2.32 bits per heavy atom. The first-order valence-electron chi connectivity index (χ1n) is 13.9. The number of hydrogen-bond donors (Lipinski definition) is 0. The van der Waals surface area contributed by atoms with Gasteiger partial charge in [-0.1, -0.05) is 68.1 Å².